The van der Waals surface area contributed by atoms with Gasteiger partial charge < -0.3 is 20.1 Å². The Hall–Kier alpha value is -2.08. The topological polar surface area (TPSA) is 78.9 Å². The minimum Gasteiger partial charge on any atom is -0.482 e. The number of rotatable bonds is 2. The van der Waals surface area contributed by atoms with Crippen molar-refractivity contribution in [2.24, 2.45) is 5.92 Å². The summed E-state index contributed by atoms with van der Waals surface area (Å²) in [6, 6.07) is 4.87. The van der Waals surface area contributed by atoms with Gasteiger partial charge in [-0.25, -0.2) is 0 Å². The van der Waals surface area contributed by atoms with Gasteiger partial charge in [0.1, 0.15) is 5.75 Å². The van der Waals surface area contributed by atoms with Crippen molar-refractivity contribution in [2.45, 2.75) is 19.4 Å². The SMILES string of the molecule is CC1CCN(C(=O)c2ccc3c(c2)NC(=O)CO3)C1CO. The predicted octanol–water partition coefficient (Wildman–Crippen LogP) is 0.860. The van der Waals surface area contributed by atoms with Gasteiger partial charge in [0.15, 0.2) is 6.61 Å². The van der Waals surface area contributed by atoms with E-state index in [4.69, 9.17) is 4.74 Å². The Morgan fingerprint density at radius 1 is 1.52 bits per heavy atom. The van der Waals surface area contributed by atoms with E-state index in [0.29, 0.717) is 29.5 Å². The van der Waals surface area contributed by atoms with Crippen LogP contribution >= 0.6 is 0 Å². The van der Waals surface area contributed by atoms with E-state index < -0.39 is 0 Å². The molecule has 2 N–H and O–H groups in total. The smallest absolute Gasteiger partial charge is 0.262 e. The number of carbonyl (C=O) groups is 2. The Labute approximate surface area is 122 Å². The molecule has 2 amide bonds. The maximum absolute atomic E-state index is 12.6. The van der Waals surface area contributed by atoms with Gasteiger partial charge >= 0.3 is 0 Å². The Kier molecular flexibility index (Phi) is 3.55. The van der Waals surface area contributed by atoms with Gasteiger partial charge in [-0.15, -0.1) is 0 Å². The van der Waals surface area contributed by atoms with E-state index in [1.165, 1.54) is 0 Å². The van der Waals surface area contributed by atoms with Crippen molar-refractivity contribution in [1.29, 1.82) is 0 Å². The number of nitrogens with zero attached hydrogens (tertiary/aromatic N) is 1. The molecule has 2 unspecified atom stereocenters. The van der Waals surface area contributed by atoms with E-state index in [0.717, 1.165) is 6.42 Å². The van der Waals surface area contributed by atoms with Crippen LogP contribution in [0.2, 0.25) is 0 Å². The molecule has 0 saturated carbocycles. The first kappa shape index (κ1) is 13.9. The third-order valence-corrected chi connectivity index (χ3v) is 4.19. The monoisotopic (exact) mass is 290 g/mol. The fourth-order valence-corrected chi connectivity index (χ4v) is 2.92. The maximum atomic E-state index is 12.6. The van der Waals surface area contributed by atoms with E-state index in [1.54, 1.807) is 23.1 Å². The second-order valence-electron chi connectivity index (χ2n) is 5.56. The summed E-state index contributed by atoms with van der Waals surface area (Å²) in [7, 11) is 0. The van der Waals surface area contributed by atoms with E-state index in [9.17, 15) is 14.7 Å². The lowest BCUT2D eigenvalue weighted by Gasteiger charge is -2.26. The summed E-state index contributed by atoms with van der Waals surface area (Å²) in [6.07, 6.45) is 0.891. The van der Waals surface area contributed by atoms with Gasteiger partial charge in [-0.1, -0.05) is 6.92 Å². The van der Waals surface area contributed by atoms with E-state index in [1.807, 2.05) is 6.92 Å². The summed E-state index contributed by atoms with van der Waals surface area (Å²) in [5, 5.41) is 12.2. The molecule has 21 heavy (non-hydrogen) atoms. The molecule has 2 aliphatic rings. The zero-order valence-corrected chi connectivity index (χ0v) is 11.8. The molecule has 1 aromatic rings. The number of benzene rings is 1. The molecule has 0 radical (unpaired) electrons. The highest BCUT2D eigenvalue weighted by atomic mass is 16.5. The van der Waals surface area contributed by atoms with Crippen LogP contribution < -0.4 is 10.1 Å². The van der Waals surface area contributed by atoms with Gasteiger partial charge in [-0.2, -0.15) is 0 Å². The van der Waals surface area contributed by atoms with Crippen molar-refractivity contribution in [3.8, 4) is 5.75 Å². The Bertz CT molecular complexity index is 587. The van der Waals surface area contributed by atoms with Crippen LogP contribution in [0.3, 0.4) is 0 Å². The second-order valence-corrected chi connectivity index (χ2v) is 5.56. The van der Waals surface area contributed by atoms with Gasteiger partial charge in [0.25, 0.3) is 11.8 Å². The molecule has 6 heteroatoms. The standard InChI is InChI=1S/C15H18N2O4/c1-9-4-5-17(12(9)7-18)15(20)10-2-3-13-11(6-10)16-14(19)8-21-13/h2-3,6,9,12,18H,4-5,7-8H2,1H3,(H,16,19). The number of ether oxygens (including phenoxy) is 1. The van der Waals surface area contributed by atoms with Crippen LogP contribution in [-0.2, 0) is 4.79 Å². The van der Waals surface area contributed by atoms with Crippen LogP contribution in [0.4, 0.5) is 5.69 Å². The first-order valence-electron chi connectivity index (χ1n) is 7.08. The molecule has 2 atom stereocenters. The molecule has 1 aromatic carbocycles. The van der Waals surface area contributed by atoms with Crippen molar-refractivity contribution in [3.63, 3.8) is 0 Å². The number of carbonyl (C=O) groups excluding carboxylic acids is 2. The third-order valence-electron chi connectivity index (χ3n) is 4.19. The van der Waals surface area contributed by atoms with Crippen molar-refractivity contribution in [3.05, 3.63) is 23.8 Å². The average molecular weight is 290 g/mol. The number of anilines is 1. The molecule has 112 valence electrons. The number of fused-ring (bicyclic) bond motifs is 1. The Balaban J connectivity index is 1.85. The van der Waals surface area contributed by atoms with Crippen LogP contribution in [-0.4, -0.2) is 47.6 Å². The highest BCUT2D eigenvalue weighted by Crippen LogP contribution is 2.31. The molecule has 2 heterocycles. The molecule has 6 nitrogen and oxygen atoms in total. The lowest BCUT2D eigenvalue weighted by molar-refractivity contribution is -0.118. The molecule has 0 aromatic heterocycles. The molecule has 2 aliphatic heterocycles. The van der Waals surface area contributed by atoms with Crippen LogP contribution in [0.5, 0.6) is 5.75 Å². The number of nitrogens with one attached hydrogen (secondary N) is 1. The Morgan fingerprint density at radius 2 is 2.33 bits per heavy atom. The minimum atomic E-state index is -0.227. The average Bonchev–Trinajstić information content (AvgIpc) is 2.86. The number of hydrogen-bond acceptors (Lipinski definition) is 4. The van der Waals surface area contributed by atoms with Crippen LogP contribution in [0.1, 0.15) is 23.7 Å². The summed E-state index contributed by atoms with van der Waals surface area (Å²) in [4.78, 5) is 25.6. The van der Waals surface area contributed by atoms with Crippen LogP contribution in [0, 0.1) is 5.92 Å². The normalized spacial score (nSPS) is 24.3. The molecule has 3 rings (SSSR count). The molecular formula is C15H18N2O4. The van der Waals surface area contributed by atoms with Gasteiger partial charge in [0.2, 0.25) is 0 Å². The maximum Gasteiger partial charge on any atom is 0.262 e. The second kappa shape index (κ2) is 5.37. The molecule has 0 bridgehead atoms. The van der Waals surface area contributed by atoms with E-state index in [2.05, 4.69) is 5.32 Å². The lowest BCUT2D eigenvalue weighted by Crippen LogP contribution is -2.39. The van der Waals surface area contributed by atoms with Gasteiger partial charge in [-0.3, -0.25) is 9.59 Å². The molecule has 1 saturated heterocycles. The van der Waals surface area contributed by atoms with Crippen molar-refractivity contribution in [1.82, 2.24) is 4.90 Å². The molecule has 1 fully saturated rings. The first-order valence-corrected chi connectivity index (χ1v) is 7.08. The third kappa shape index (κ3) is 2.47. The van der Waals surface area contributed by atoms with Crippen LogP contribution in [0.25, 0.3) is 0 Å². The van der Waals surface area contributed by atoms with E-state index in [-0.39, 0.29) is 31.1 Å². The number of likely N-dealkylation sites (tertiary alicyclic amines) is 1. The van der Waals surface area contributed by atoms with Crippen molar-refractivity contribution < 1.29 is 19.4 Å². The zero-order chi connectivity index (χ0) is 15.0. The number of hydrogen-bond donors (Lipinski definition) is 2. The fourth-order valence-electron chi connectivity index (χ4n) is 2.92. The Morgan fingerprint density at radius 3 is 3.10 bits per heavy atom. The van der Waals surface area contributed by atoms with E-state index >= 15 is 0 Å². The molecular weight excluding hydrogens is 272 g/mol. The summed E-state index contributed by atoms with van der Waals surface area (Å²) in [6.45, 7) is 2.65. The number of aliphatic hydroxyl groups is 1. The van der Waals surface area contributed by atoms with Crippen molar-refractivity contribution >= 4 is 17.5 Å². The number of amides is 2. The largest absolute Gasteiger partial charge is 0.482 e. The van der Waals surface area contributed by atoms with Crippen LogP contribution in [0.15, 0.2) is 18.2 Å². The van der Waals surface area contributed by atoms with Crippen molar-refractivity contribution in [2.75, 3.05) is 25.1 Å². The number of aliphatic hydroxyl groups excluding tert-OH is 1. The highest BCUT2D eigenvalue weighted by molar-refractivity contribution is 6.00. The zero-order valence-electron chi connectivity index (χ0n) is 11.8. The summed E-state index contributed by atoms with van der Waals surface area (Å²) in [5.41, 5.74) is 1.01. The minimum absolute atomic E-state index is 0.00345. The molecule has 0 spiro atoms. The van der Waals surface area contributed by atoms with Gasteiger partial charge in [0, 0.05) is 12.1 Å². The highest BCUT2D eigenvalue weighted by Gasteiger charge is 2.34. The fraction of sp³-hybridized carbons (Fsp3) is 0.467. The summed E-state index contributed by atoms with van der Waals surface area (Å²) in [5.74, 6) is 0.510. The molecule has 0 aliphatic carbocycles. The quantitative estimate of drug-likeness (QED) is 0.847. The summed E-state index contributed by atoms with van der Waals surface area (Å²) < 4.78 is 5.28. The first-order chi connectivity index (χ1) is 10.1. The van der Waals surface area contributed by atoms with Gasteiger partial charge in [0.05, 0.1) is 18.3 Å². The van der Waals surface area contributed by atoms with Gasteiger partial charge in [-0.05, 0) is 30.5 Å². The lowest BCUT2D eigenvalue weighted by atomic mass is 10.0. The predicted molar refractivity (Wildman–Crippen MR) is 76.3 cm³/mol. The summed E-state index contributed by atoms with van der Waals surface area (Å²) >= 11 is 0.